The van der Waals surface area contributed by atoms with Crippen molar-refractivity contribution in [1.82, 2.24) is 5.32 Å². The molecule has 1 heterocycles. The molecule has 0 radical (unpaired) electrons. The van der Waals surface area contributed by atoms with Crippen LogP contribution in [0.1, 0.15) is 23.0 Å². The van der Waals surface area contributed by atoms with Crippen LogP contribution in [-0.4, -0.2) is 18.0 Å². The maximum absolute atomic E-state index is 12.0. The topological polar surface area (TPSA) is 68.5 Å². The Morgan fingerprint density at radius 2 is 2.18 bits per heavy atom. The third kappa shape index (κ3) is 4.35. The molecule has 0 bridgehead atoms. The molecule has 1 amide bonds. The van der Waals surface area contributed by atoms with Gasteiger partial charge in [0.1, 0.15) is 5.76 Å². The Balaban J connectivity index is 1.92. The van der Waals surface area contributed by atoms with Crippen LogP contribution in [0, 0.1) is 0 Å². The number of carbonyl (C=O) groups is 2. The number of benzene rings is 1. The Labute approximate surface area is 140 Å². The quantitative estimate of drug-likeness (QED) is 0.798. The smallest absolute Gasteiger partial charge is 0.340 e. The first kappa shape index (κ1) is 16.6. The third-order valence-electron chi connectivity index (χ3n) is 2.82. The van der Waals surface area contributed by atoms with Crippen molar-refractivity contribution in [2.45, 2.75) is 19.6 Å². The number of carbonyl (C=O) groups excluding carboxylic acids is 2. The molecule has 2 rings (SSSR count). The van der Waals surface area contributed by atoms with Gasteiger partial charge in [-0.25, -0.2) is 4.79 Å². The lowest BCUT2D eigenvalue weighted by Crippen LogP contribution is -2.35. The first-order valence-electron chi connectivity index (χ1n) is 6.43. The van der Waals surface area contributed by atoms with Gasteiger partial charge in [0.25, 0.3) is 5.91 Å². The minimum absolute atomic E-state index is 0.196. The van der Waals surface area contributed by atoms with E-state index >= 15 is 0 Å². The minimum Gasteiger partial charge on any atom is -0.467 e. The molecule has 0 saturated carbocycles. The van der Waals surface area contributed by atoms with Crippen LogP contribution in [0.2, 0.25) is 5.02 Å². The van der Waals surface area contributed by atoms with Crippen molar-refractivity contribution in [3.63, 3.8) is 0 Å². The van der Waals surface area contributed by atoms with Gasteiger partial charge in [-0.05, 0) is 37.3 Å². The highest BCUT2D eigenvalue weighted by Crippen LogP contribution is 2.22. The Bertz CT molecular complexity index is 672. The zero-order valence-corrected chi connectivity index (χ0v) is 14.0. The number of nitrogens with one attached hydrogen (secondary N) is 1. The molecule has 0 aliphatic rings. The van der Waals surface area contributed by atoms with Gasteiger partial charge in [0, 0.05) is 4.47 Å². The molecule has 1 N–H and O–H groups in total. The molecule has 2 aromatic rings. The standard InChI is InChI=1S/C15H13BrClNO4/c1-9(14(19)18-8-11-3-2-6-21-11)22-15(20)12-7-10(16)4-5-13(12)17/h2-7,9H,8H2,1H3,(H,18,19)/t9-/m1/s1. The molecule has 0 saturated heterocycles. The van der Waals surface area contributed by atoms with Gasteiger partial charge in [-0.2, -0.15) is 0 Å². The lowest BCUT2D eigenvalue weighted by Gasteiger charge is -2.13. The van der Waals surface area contributed by atoms with Crippen LogP contribution in [0.5, 0.6) is 0 Å². The average Bonchev–Trinajstić information content (AvgIpc) is 3.00. The first-order chi connectivity index (χ1) is 10.5. The molecule has 1 aromatic carbocycles. The molecule has 0 aliphatic heterocycles. The van der Waals surface area contributed by atoms with Crippen LogP contribution in [0.3, 0.4) is 0 Å². The van der Waals surface area contributed by atoms with Crippen molar-refractivity contribution in [1.29, 1.82) is 0 Å². The van der Waals surface area contributed by atoms with Crippen molar-refractivity contribution >= 4 is 39.4 Å². The van der Waals surface area contributed by atoms with E-state index in [-0.39, 0.29) is 17.1 Å². The van der Waals surface area contributed by atoms with Crippen LogP contribution >= 0.6 is 27.5 Å². The summed E-state index contributed by atoms with van der Waals surface area (Å²) < 4.78 is 10.9. The largest absolute Gasteiger partial charge is 0.467 e. The second kappa shape index (κ2) is 7.47. The average molecular weight is 387 g/mol. The molecule has 22 heavy (non-hydrogen) atoms. The summed E-state index contributed by atoms with van der Waals surface area (Å²) in [7, 11) is 0. The zero-order valence-electron chi connectivity index (χ0n) is 11.6. The predicted octanol–water partition coefficient (Wildman–Crippen LogP) is 3.56. The van der Waals surface area contributed by atoms with Gasteiger partial charge in [0.05, 0.1) is 23.4 Å². The van der Waals surface area contributed by atoms with Crippen molar-refractivity contribution in [3.05, 3.63) is 57.4 Å². The van der Waals surface area contributed by atoms with E-state index in [4.69, 9.17) is 20.8 Å². The maximum atomic E-state index is 12.0. The highest BCUT2D eigenvalue weighted by molar-refractivity contribution is 9.10. The van der Waals surface area contributed by atoms with E-state index in [0.717, 1.165) is 0 Å². The van der Waals surface area contributed by atoms with Gasteiger partial charge in [-0.1, -0.05) is 27.5 Å². The highest BCUT2D eigenvalue weighted by atomic mass is 79.9. The zero-order chi connectivity index (χ0) is 16.1. The molecule has 1 aromatic heterocycles. The van der Waals surface area contributed by atoms with E-state index in [1.54, 1.807) is 24.3 Å². The maximum Gasteiger partial charge on any atom is 0.340 e. The summed E-state index contributed by atoms with van der Waals surface area (Å²) in [4.78, 5) is 23.9. The number of ether oxygens (including phenoxy) is 1. The van der Waals surface area contributed by atoms with E-state index in [1.807, 2.05) is 0 Å². The first-order valence-corrected chi connectivity index (χ1v) is 7.60. The van der Waals surface area contributed by atoms with E-state index in [2.05, 4.69) is 21.2 Å². The molecule has 0 spiro atoms. The van der Waals surface area contributed by atoms with E-state index in [1.165, 1.54) is 19.3 Å². The molecule has 0 unspecified atom stereocenters. The van der Waals surface area contributed by atoms with E-state index in [0.29, 0.717) is 10.2 Å². The number of furan rings is 1. The number of esters is 1. The number of rotatable bonds is 5. The summed E-state index contributed by atoms with van der Waals surface area (Å²) in [5.74, 6) is -0.468. The Kier molecular flexibility index (Phi) is 5.63. The minimum atomic E-state index is -0.947. The molecule has 0 aliphatic carbocycles. The van der Waals surface area contributed by atoms with E-state index in [9.17, 15) is 9.59 Å². The van der Waals surface area contributed by atoms with Crippen molar-refractivity contribution in [3.8, 4) is 0 Å². The molecule has 7 heteroatoms. The monoisotopic (exact) mass is 385 g/mol. The Morgan fingerprint density at radius 3 is 2.86 bits per heavy atom. The van der Waals surface area contributed by atoms with Crippen molar-refractivity contribution in [2.24, 2.45) is 0 Å². The summed E-state index contributed by atoms with van der Waals surface area (Å²) in [6.07, 6.45) is 0.567. The van der Waals surface area contributed by atoms with Crippen LogP contribution in [0.25, 0.3) is 0 Å². The highest BCUT2D eigenvalue weighted by Gasteiger charge is 2.20. The fourth-order valence-electron chi connectivity index (χ4n) is 1.66. The summed E-state index contributed by atoms with van der Waals surface area (Å²) in [5.41, 5.74) is 0.196. The molecular formula is C15H13BrClNO4. The molecular weight excluding hydrogens is 374 g/mol. The van der Waals surface area contributed by atoms with Crippen molar-refractivity contribution < 1.29 is 18.7 Å². The second-order valence-electron chi connectivity index (χ2n) is 4.47. The number of halogens is 2. The van der Waals surface area contributed by atoms with Crippen LogP contribution < -0.4 is 5.32 Å². The Hall–Kier alpha value is -1.79. The van der Waals surface area contributed by atoms with Gasteiger partial charge < -0.3 is 14.5 Å². The van der Waals surface area contributed by atoms with Crippen LogP contribution in [0.15, 0.2) is 45.5 Å². The number of hydrogen-bond acceptors (Lipinski definition) is 4. The fourth-order valence-corrected chi connectivity index (χ4v) is 2.22. The molecule has 0 fully saturated rings. The number of hydrogen-bond donors (Lipinski definition) is 1. The third-order valence-corrected chi connectivity index (χ3v) is 3.64. The predicted molar refractivity (Wildman–Crippen MR) is 84.6 cm³/mol. The molecule has 5 nitrogen and oxygen atoms in total. The summed E-state index contributed by atoms with van der Waals surface area (Å²) in [6, 6.07) is 8.28. The normalized spacial score (nSPS) is 11.8. The van der Waals surface area contributed by atoms with E-state index < -0.39 is 18.0 Å². The fraction of sp³-hybridized carbons (Fsp3) is 0.200. The lowest BCUT2D eigenvalue weighted by molar-refractivity contribution is -0.129. The van der Waals surface area contributed by atoms with Gasteiger partial charge in [0.15, 0.2) is 6.10 Å². The SMILES string of the molecule is C[C@@H](OC(=O)c1cc(Br)ccc1Cl)C(=O)NCc1ccco1. The van der Waals surface area contributed by atoms with Crippen molar-refractivity contribution in [2.75, 3.05) is 0 Å². The molecule has 116 valence electrons. The second-order valence-corrected chi connectivity index (χ2v) is 5.79. The van der Waals surface area contributed by atoms with Crippen LogP contribution in [0.4, 0.5) is 0 Å². The Morgan fingerprint density at radius 1 is 1.41 bits per heavy atom. The van der Waals surface area contributed by atoms with Gasteiger partial charge >= 0.3 is 5.97 Å². The summed E-state index contributed by atoms with van der Waals surface area (Å²) in [5, 5.41) is 2.88. The summed E-state index contributed by atoms with van der Waals surface area (Å²) >= 11 is 9.20. The number of amides is 1. The molecule has 1 atom stereocenters. The lowest BCUT2D eigenvalue weighted by atomic mass is 10.2. The van der Waals surface area contributed by atoms with Gasteiger partial charge in [-0.3, -0.25) is 4.79 Å². The van der Waals surface area contributed by atoms with Gasteiger partial charge in [-0.15, -0.1) is 0 Å². The van der Waals surface area contributed by atoms with Gasteiger partial charge in [0.2, 0.25) is 0 Å². The van der Waals surface area contributed by atoms with Crippen LogP contribution in [-0.2, 0) is 16.1 Å². The summed E-state index contributed by atoms with van der Waals surface area (Å²) in [6.45, 7) is 1.71.